The standard InChI is InChI=1S/C19H19Cl2F2N3O3/c1-3-19(4-2)9-25-14-10(5-6-13(16(14)29-19)28-18(22)23)17(27)26-15-11(20)7-24-8-12(15)21/h5-8,18,25H,3-4,9H2,1-2H3,(H,24,26,27). The SMILES string of the molecule is CCC1(CC)CNc2c(C(=O)Nc3c(Cl)cncc3Cl)ccc(OC(F)F)c2O1. The van der Waals surface area contributed by atoms with E-state index >= 15 is 0 Å². The molecule has 156 valence electrons. The van der Waals surface area contributed by atoms with Gasteiger partial charge in [-0.25, -0.2) is 0 Å². The topological polar surface area (TPSA) is 72.5 Å². The van der Waals surface area contributed by atoms with Gasteiger partial charge in [0.05, 0.1) is 33.5 Å². The molecule has 1 amide bonds. The van der Waals surface area contributed by atoms with Crippen LogP contribution >= 0.6 is 23.2 Å². The predicted molar refractivity (Wildman–Crippen MR) is 108 cm³/mol. The van der Waals surface area contributed by atoms with E-state index in [-0.39, 0.29) is 38.5 Å². The normalized spacial score (nSPS) is 14.6. The summed E-state index contributed by atoms with van der Waals surface area (Å²) in [6.45, 7) is 1.25. The van der Waals surface area contributed by atoms with Gasteiger partial charge in [0.1, 0.15) is 5.60 Å². The van der Waals surface area contributed by atoms with Crippen LogP contribution in [0.15, 0.2) is 24.5 Å². The van der Waals surface area contributed by atoms with E-state index in [1.54, 1.807) is 0 Å². The van der Waals surface area contributed by atoms with Crippen LogP contribution in [0.1, 0.15) is 37.0 Å². The van der Waals surface area contributed by atoms with E-state index in [1.165, 1.54) is 24.5 Å². The van der Waals surface area contributed by atoms with E-state index in [0.29, 0.717) is 19.4 Å². The van der Waals surface area contributed by atoms with E-state index in [1.807, 2.05) is 13.8 Å². The molecule has 0 unspecified atom stereocenters. The van der Waals surface area contributed by atoms with Crippen LogP contribution in [0.3, 0.4) is 0 Å². The maximum Gasteiger partial charge on any atom is 0.387 e. The number of pyridine rings is 1. The Kier molecular flexibility index (Phi) is 6.33. The summed E-state index contributed by atoms with van der Waals surface area (Å²) in [5.74, 6) is -0.624. The van der Waals surface area contributed by atoms with E-state index in [0.717, 1.165) is 0 Å². The molecule has 3 rings (SSSR count). The van der Waals surface area contributed by atoms with Crippen molar-refractivity contribution in [1.82, 2.24) is 4.98 Å². The molecule has 1 aromatic heterocycles. The maximum absolute atomic E-state index is 12.9. The summed E-state index contributed by atoms with van der Waals surface area (Å²) in [5, 5.41) is 6.10. The van der Waals surface area contributed by atoms with Crippen LogP contribution < -0.4 is 20.1 Å². The van der Waals surface area contributed by atoms with Gasteiger partial charge < -0.3 is 20.1 Å². The number of benzene rings is 1. The zero-order chi connectivity index (χ0) is 21.2. The third kappa shape index (κ3) is 4.33. The lowest BCUT2D eigenvalue weighted by Crippen LogP contribution is -2.45. The van der Waals surface area contributed by atoms with Crippen LogP contribution in [-0.4, -0.2) is 29.6 Å². The Bertz CT molecular complexity index is 904. The van der Waals surface area contributed by atoms with Crippen LogP contribution in [-0.2, 0) is 0 Å². The number of halogens is 4. The largest absolute Gasteiger partial charge is 0.479 e. The van der Waals surface area contributed by atoms with E-state index in [4.69, 9.17) is 27.9 Å². The van der Waals surface area contributed by atoms with Crippen molar-refractivity contribution in [3.8, 4) is 11.5 Å². The average molecular weight is 446 g/mol. The van der Waals surface area contributed by atoms with Crippen LogP contribution in [0.25, 0.3) is 0 Å². The van der Waals surface area contributed by atoms with Gasteiger partial charge in [0.15, 0.2) is 11.5 Å². The highest BCUT2D eigenvalue weighted by molar-refractivity contribution is 6.39. The fourth-order valence-corrected chi connectivity index (χ4v) is 3.54. The van der Waals surface area contributed by atoms with Crippen molar-refractivity contribution in [2.45, 2.75) is 38.9 Å². The number of fused-ring (bicyclic) bond motifs is 1. The summed E-state index contributed by atoms with van der Waals surface area (Å²) in [7, 11) is 0. The predicted octanol–water partition coefficient (Wildman–Crippen LogP) is 5.61. The second-order valence-electron chi connectivity index (χ2n) is 6.47. The number of anilines is 2. The van der Waals surface area contributed by atoms with Crippen LogP contribution in [0.4, 0.5) is 20.2 Å². The monoisotopic (exact) mass is 445 g/mol. The number of amides is 1. The number of rotatable bonds is 6. The van der Waals surface area contributed by atoms with Crippen LogP contribution in [0, 0.1) is 0 Å². The lowest BCUT2D eigenvalue weighted by atomic mass is 9.94. The van der Waals surface area contributed by atoms with Crippen molar-refractivity contribution >= 4 is 40.5 Å². The molecule has 1 aliphatic rings. The number of carbonyl (C=O) groups excluding carboxylic acids is 1. The first-order valence-corrected chi connectivity index (χ1v) is 9.71. The summed E-state index contributed by atoms with van der Waals surface area (Å²) in [4.78, 5) is 16.7. The van der Waals surface area contributed by atoms with Crippen molar-refractivity contribution in [3.63, 3.8) is 0 Å². The first-order valence-electron chi connectivity index (χ1n) is 8.95. The Morgan fingerprint density at radius 2 is 1.97 bits per heavy atom. The Balaban J connectivity index is 2.02. The number of carbonyl (C=O) groups is 1. The highest BCUT2D eigenvalue weighted by Crippen LogP contribution is 2.45. The first-order chi connectivity index (χ1) is 13.8. The van der Waals surface area contributed by atoms with Gasteiger partial charge in [-0.05, 0) is 25.0 Å². The molecule has 29 heavy (non-hydrogen) atoms. The van der Waals surface area contributed by atoms with Crippen molar-refractivity contribution in [2.75, 3.05) is 17.2 Å². The third-order valence-electron chi connectivity index (χ3n) is 4.87. The molecule has 0 aliphatic carbocycles. The zero-order valence-corrected chi connectivity index (χ0v) is 17.2. The summed E-state index contributed by atoms with van der Waals surface area (Å²) in [6.07, 6.45) is 3.97. The molecule has 0 saturated heterocycles. The molecule has 1 aliphatic heterocycles. The molecule has 2 aromatic rings. The Hall–Kier alpha value is -2.32. The van der Waals surface area contributed by atoms with Crippen molar-refractivity contribution in [1.29, 1.82) is 0 Å². The molecule has 6 nitrogen and oxygen atoms in total. The minimum absolute atomic E-state index is 0.0693. The second-order valence-corrected chi connectivity index (χ2v) is 7.29. The molecule has 0 fully saturated rings. The van der Waals surface area contributed by atoms with Gasteiger partial charge in [-0.3, -0.25) is 9.78 Å². The number of aromatic nitrogens is 1. The van der Waals surface area contributed by atoms with Gasteiger partial charge in [0, 0.05) is 12.4 Å². The van der Waals surface area contributed by atoms with Crippen molar-refractivity contribution in [3.05, 3.63) is 40.1 Å². The number of ether oxygens (including phenoxy) is 2. The molecule has 0 saturated carbocycles. The highest BCUT2D eigenvalue weighted by Gasteiger charge is 2.37. The lowest BCUT2D eigenvalue weighted by molar-refractivity contribution is -0.0541. The van der Waals surface area contributed by atoms with E-state index < -0.39 is 18.1 Å². The number of hydrogen-bond acceptors (Lipinski definition) is 5. The molecule has 2 N–H and O–H groups in total. The minimum atomic E-state index is -3.03. The molecule has 1 aromatic carbocycles. The average Bonchev–Trinajstić information content (AvgIpc) is 2.70. The Morgan fingerprint density at radius 3 is 2.55 bits per heavy atom. The molecular weight excluding hydrogens is 427 g/mol. The summed E-state index contributed by atoms with van der Waals surface area (Å²) < 4.78 is 36.4. The number of nitrogens with zero attached hydrogens (tertiary/aromatic N) is 1. The van der Waals surface area contributed by atoms with Crippen LogP contribution in [0.5, 0.6) is 11.5 Å². The highest BCUT2D eigenvalue weighted by atomic mass is 35.5. The van der Waals surface area contributed by atoms with Crippen molar-refractivity contribution < 1.29 is 23.0 Å². The van der Waals surface area contributed by atoms with Crippen LogP contribution in [0.2, 0.25) is 10.0 Å². The van der Waals surface area contributed by atoms with Gasteiger partial charge in [-0.1, -0.05) is 37.0 Å². The molecule has 0 atom stereocenters. The Labute approximate surface area is 176 Å². The fourth-order valence-electron chi connectivity index (χ4n) is 3.08. The zero-order valence-electron chi connectivity index (χ0n) is 15.7. The number of nitrogens with one attached hydrogen (secondary N) is 2. The molecule has 0 spiro atoms. The quantitative estimate of drug-likeness (QED) is 0.604. The molecule has 2 heterocycles. The van der Waals surface area contributed by atoms with Gasteiger partial charge in [0.2, 0.25) is 0 Å². The van der Waals surface area contributed by atoms with Gasteiger partial charge in [-0.2, -0.15) is 8.78 Å². The molecule has 0 bridgehead atoms. The summed E-state index contributed by atoms with van der Waals surface area (Å²) >= 11 is 12.1. The molecule has 0 radical (unpaired) electrons. The van der Waals surface area contributed by atoms with Gasteiger partial charge in [0.25, 0.3) is 5.91 Å². The smallest absolute Gasteiger partial charge is 0.387 e. The van der Waals surface area contributed by atoms with Crippen molar-refractivity contribution in [2.24, 2.45) is 0 Å². The molecular formula is C19H19Cl2F2N3O3. The van der Waals surface area contributed by atoms with E-state index in [2.05, 4.69) is 20.4 Å². The maximum atomic E-state index is 12.9. The summed E-state index contributed by atoms with van der Waals surface area (Å²) in [5.41, 5.74) is 0.0362. The van der Waals surface area contributed by atoms with E-state index in [9.17, 15) is 13.6 Å². The van der Waals surface area contributed by atoms with Gasteiger partial charge >= 0.3 is 6.61 Å². The third-order valence-corrected chi connectivity index (χ3v) is 5.44. The minimum Gasteiger partial charge on any atom is -0.479 e. The fraction of sp³-hybridized carbons (Fsp3) is 0.368. The van der Waals surface area contributed by atoms with Gasteiger partial charge in [-0.15, -0.1) is 0 Å². The summed E-state index contributed by atoms with van der Waals surface area (Å²) in [6, 6.07) is 2.65. The molecule has 10 heteroatoms. The first kappa shape index (κ1) is 21.4. The Morgan fingerprint density at radius 1 is 1.31 bits per heavy atom. The number of alkyl halides is 2. The number of hydrogen-bond donors (Lipinski definition) is 2. The lowest BCUT2D eigenvalue weighted by Gasteiger charge is -2.39. The second kappa shape index (κ2) is 8.59.